The lowest BCUT2D eigenvalue weighted by Crippen LogP contribution is -2.63. The maximum atomic E-state index is 13.7. The highest BCUT2D eigenvalue weighted by atomic mass is 32.2. The van der Waals surface area contributed by atoms with Gasteiger partial charge in [-0.05, 0) is 57.3 Å². The molecule has 0 heterocycles. The second-order valence-corrected chi connectivity index (χ2v) is 14.0. The first-order valence-corrected chi connectivity index (χ1v) is 13.3. The van der Waals surface area contributed by atoms with E-state index in [0.29, 0.717) is 11.3 Å². The standard InChI is InChI=1S/C20H24O4SSi/c1-14-8-10-15(11-9-14)25(23)20-16(17(21)12-13-18(20)22)6-5-7-19(20)24-26(2,3)4/h5,7-13,16,19H,6H2,1-4H3/t16-,19-,20+,25-/m0/s1. The quantitative estimate of drug-likeness (QED) is 0.586. The summed E-state index contributed by atoms with van der Waals surface area (Å²) in [5.74, 6) is -1.10. The van der Waals surface area contributed by atoms with Crippen molar-refractivity contribution >= 4 is 30.7 Å². The number of hydrogen-bond acceptors (Lipinski definition) is 4. The van der Waals surface area contributed by atoms with Crippen LogP contribution in [0.1, 0.15) is 12.0 Å². The molecule has 0 aliphatic heterocycles. The number of fused-ring (bicyclic) bond motifs is 1. The fraction of sp³-hybridized carbons (Fsp3) is 0.400. The number of ketones is 2. The van der Waals surface area contributed by atoms with Gasteiger partial charge < -0.3 is 4.43 Å². The second kappa shape index (κ2) is 6.83. The summed E-state index contributed by atoms with van der Waals surface area (Å²) in [5.41, 5.74) is 1.05. The molecule has 2 aliphatic carbocycles. The number of hydrogen-bond donors (Lipinski definition) is 0. The molecule has 0 aromatic heterocycles. The number of carbonyl (C=O) groups is 2. The third-order valence-electron chi connectivity index (χ3n) is 4.77. The molecule has 1 aromatic rings. The Balaban J connectivity index is 2.18. The zero-order chi connectivity index (χ0) is 19.1. The van der Waals surface area contributed by atoms with Gasteiger partial charge in [0.1, 0.15) is 0 Å². The Morgan fingerprint density at radius 2 is 1.77 bits per heavy atom. The van der Waals surface area contributed by atoms with Gasteiger partial charge in [0.2, 0.25) is 0 Å². The lowest BCUT2D eigenvalue weighted by molar-refractivity contribution is -0.129. The van der Waals surface area contributed by atoms with Crippen molar-refractivity contribution in [2.24, 2.45) is 5.92 Å². The van der Waals surface area contributed by atoms with Crippen LogP contribution < -0.4 is 0 Å². The van der Waals surface area contributed by atoms with E-state index in [4.69, 9.17) is 4.43 Å². The summed E-state index contributed by atoms with van der Waals surface area (Å²) in [4.78, 5) is 26.3. The van der Waals surface area contributed by atoms with Crippen LogP contribution in [0.25, 0.3) is 0 Å². The monoisotopic (exact) mass is 388 g/mol. The van der Waals surface area contributed by atoms with Crippen LogP contribution in [0.4, 0.5) is 0 Å². The van der Waals surface area contributed by atoms with Gasteiger partial charge in [0.15, 0.2) is 24.6 Å². The topological polar surface area (TPSA) is 60.4 Å². The number of aryl methyl sites for hydroxylation is 1. The minimum Gasteiger partial charge on any atom is -0.409 e. The zero-order valence-corrected chi connectivity index (χ0v) is 17.3. The Hall–Kier alpha value is -1.63. The average molecular weight is 389 g/mol. The molecule has 138 valence electrons. The fourth-order valence-electron chi connectivity index (χ4n) is 3.59. The first kappa shape index (κ1) is 19.1. The largest absolute Gasteiger partial charge is 0.409 e. The van der Waals surface area contributed by atoms with Crippen LogP contribution >= 0.6 is 0 Å². The Morgan fingerprint density at radius 3 is 2.38 bits per heavy atom. The lowest BCUT2D eigenvalue weighted by Gasteiger charge is -2.46. The van der Waals surface area contributed by atoms with Crippen molar-refractivity contribution in [1.82, 2.24) is 0 Å². The molecule has 0 radical (unpaired) electrons. The molecule has 0 amide bonds. The minimum atomic E-state index is -2.05. The van der Waals surface area contributed by atoms with Gasteiger partial charge in [0, 0.05) is 4.90 Å². The van der Waals surface area contributed by atoms with Gasteiger partial charge in [-0.2, -0.15) is 0 Å². The van der Waals surface area contributed by atoms with E-state index in [1.165, 1.54) is 12.2 Å². The number of rotatable bonds is 4. The van der Waals surface area contributed by atoms with E-state index in [-0.39, 0.29) is 11.6 Å². The third kappa shape index (κ3) is 3.21. The highest BCUT2D eigenvalue weighted by molar-refractivity contribution is 7.87. The Labute approximate surface area is 157 Å². The smallest absolute Gasteiger partial charge is 0.184 e. The predicted molar refractivity (Wildman–Crippen MR) is 105 cm³/mol. The Morgan fingerprint density at radius 1 is 1.12 bits per heavy atom. The van der Waals surface area contributed by atoms with Crippen molar-refractivity contribution < 1.29 is 18.2 Å². The molecule has 0 spiro atoms. The van der Waals surface area contributed by atoms with Gasteiger partial charge in [-0.3, -0.25) is 13.8 Å². The Bertz CT molecular complexity index is 819. The summed E-state index contributed by atoms with van der Waals surface area (Å²) in [6.07, 6.45) is 6.04. The first-order valence-electron chi connectivity index (χ1n) is 8.75. The van der Waals surface area contributed by atoms with E-state index in [9.17, 15) is 13.8 Å². The van der Waals surface area contributed by atoms with E-state index >= 15 is 0 Å². The highest BCUT2D eigenvalue weighted by Crippen LogP contribution is 2.44. The number of benzene rings is 1. The maximum absolute atomic E-state index is 13.7. The predicted octanol–water partition coefficient (Wildman–Crippen LogP) is 3.35. The van der Waals surface area contributed by atoms with E-state index in [0.717, 1.165) is 5.56 Å². The van der Waals surface area contributed by atoms with Crippen molar-refractivity contribution in [2.45, 2.75) is 48.7 Å². The van der Waals surface area contributed by atoms with Crippen LogP contribution in [-0.4, -0.2) is 34.9 Å². The van der Waals surface area contributed by atoms with Crippen molar-refractivity contribution in [2.75, 3.05) is 0 Å². The molecule has 26 heavy (non-hydrogen) atoms. The molecule has 2 aliphatic rings. The van der Waals surface area contributed by atoms with Crippen molar-refractivity contribution in [3.63, 3.8) is 0 Å². The van der Waals surface area contributed by atoms with Gasteiger partial charge in [0.25, 0.3) is 0 Å². The van der Waals surface area contributed by atoms with E-state index in [1.54, 1.807) is 12.1 Å². The molecule has 0 N–H and O–H groups in total. The summed E-state index contributed by atoms with van der Waals surface area (Å²) in [7, 11) is -3.76. The van der Waals surface area contributed by atoms with E-state index in [2.05, 4.69) is 0 Å². The van der Waals surface area contributed by atoms with Gasteiger partial charge in [-0.15, -0.1) is 0 Å². The van der Waals surface area contributed by atoms with E-state index in [1.807, 2.05) is 50.8 Å². The molecule has 0 bridgehead atoms. The summed E-state index contributed by atoms with van der Waals surface area (Å²) in [6, 6.07) is 7.29. The summed E-state index contributed by atoms with van der Waals surface area (Å²) < 4.78 is 18.6. The lowest BCUT2D eigenvalue weighted by atomic mass is 9.72. The third-order valence-corrected chi connectivity index (χ3v) is 7.77. The van der Waals surface area contributed by atoms with Crippen LogP contribution in [-0.2, 0) is 24.8 Å². The molecule has 1 aromatic carbocycles. The SMILES string of the molecule is Cc1ccc([S@](=O)[C@@]23C(=O)C=CC(=O)[C@@H]2CC=C[C@@H]3O[Si](C)(C)C)cc1. The summed E-state index contributed by atoms with van der Waals surface area (Å²) in [5, 5.41) is 0. The molecule has 6 heteroatoms. The zero-order valence-electron chi connectivity index (χ0n) is 15.5. The van der Waals surface area contributed by atoms with Crippen molar-refractivity contribution in [1.29, 1.82) is 0 Å². The molecular weight excluding hydrogens is 364 g/mol. The van der Waals surface area contributed by atoms with Crippen molar-refractivity contribution in [3.05, 3.63) is 54.1 Å². The van der Waals surface area contributed by atoms with Gasteiger partial charge in [-0.25, -0.2) is 0 Å². The van der Waals surface area contributed by atoms with Crippen LogP contribution in [0.2, 0.25) is 19.6 Å². The van der Waals surface area contributed by atoms with Crippen LogP contribution in [0, 0.1) is 12.8 Å². The number of allylic oxidation sites excluding steroid dienone is 3. The van der Waals surface area contributed by atoms with Crippen LogP contribution in [0.5, 0.6) is 0 Å². The molecule has 0 fully saturated rings. The van der Waals surface area contributed by atoms with Gasteiger partial charge in [0.05, 0.1) is 22.8 Å². The average Bonchev–Trinajstić information content (AvgIpc) is 2.57. The summed E-state index contributed by atoms with van der Waals surface area (Å²) >= 11 is 0. The minimum absolute atomic E-state index is 0.154. The normalized spacial score (nSPS) is 29.5. The maximum Gasteiger partial charge on any atom is 0.184 e. The van der Waals surface area contributed by atoms with Gasteiger partial charge in [-0.1, -0.05) is 29.8 Å². The highest BCUT2D eigenvalue weighted by Gasteiger charge is 2.60. The van der Waals surface area contributed by atoms with Crippen LogP contribution in [0.3, 0.4) is 0 Å². The molecule has 0 unspecified atom stereocenters. The number of carbonyl (C=O) groups excluding carboxylic acids is 2. The first-order chi connectivity index (χ1) is 12.2. The molecule has 4 nitrogen and oxygen atoms in total. The molecule has 3 rings (SSSR count). The fourth-order valence-corrected chi connectivity index (χ4v) is 6.53. The summed E-state index contributed by atoms with van der Waals surface area (Å²) in [6.45, 7) is 8.03. The molecule has 0 saturated carbocycles. The molecule has 4 atom stereocenters. The Kier molecular flexibility index (Phi) is 5.03. The second-order valence-electron chi connectivity index (χ2n) is 7.84. The molecular formula is C20H24O4SSi. The molecule has 0 saturated heterocycles. The van der Waals surface area contributed by atoms with Gasteiger partial charge >= 0.3 is 0 Å². The van der Waals surface area contributed by atoms with Crippen molar-refractivity contribution in [3.8, 4) is 0 Å². The van der Waals surface area contributed by atoms with E-state index < -0.39 is 35.9 Å². The van der Waals surface area contributed by atoms with Crippen LogP contribution in [0.15, 0.2) is 53.5 Å².